The van der Waals surface area contributed by atoms with Crippen LogP contribution in [0.25, 0.3) is 0 Å². The summed E-state index contributed by atoms with van der Waals surface area (Å²) in [6.07, 6.45) is 0. The van der Waals surface area contributed by atoms with E-state index in [1.54, 1.807) is 0 Å². The van der Waals surface area contributed by atoms with E-state index in [1.165, 1.54) is 0 Å². The van der Waals surface area contributed by atoms with E-state index in [-0.39, 0.29) is 17.1 Å². The van der Waals surface area contributed by atoms with E-state index >= 15 is 0 Å². The van der Waals surface area contributed by atoms with E-state index in [9.17, 15) is 13.2 Å². The van der Waals surface area contributed by atoms with Gasteiger partial charge < -0.3 is 0 Å². The third kappa shape index (κ3) is 4.57. The SMILES string of the molecule is FC(F)(Cl)C(F)(Cl)Cl.[Cu]. The summed E-state index contributed by atoms with van der Waals surface area (Å²) in [6.45, 7) is 0. The Morgan fingerprint density at radius 3 is 1.00 bits per heavy atom. The van der Waals surface area contributed by atoms with Gasteiger partial charge in [-0.05, 0) is 11.6 Å². The summed E-state index contributed by atoms with van der Waals surface area (Å²) >= 11 is 12.5. The van der Waals surface area contributed by atoms with E-state index in [0.29, 0.717) is 0 Å². The molecule has 0 aliphatic rings. The topological polar surface area (TPSA) is 0 Å². The van der Waals surface area contributed by atoms with Crippen molar-refractivity contribution in [3.05, 3.63) is 0 Å². The van der Waals surface area contributed by atoms with E-state index in [2.05, 4.69) is 34.8 Å². The Hall–Kier alpha value is 1.18. The molecule has 0 rings (SSSR count). The molecule has 0 aromatic rings. The van der Waals surface area contributed by atoms with E-state index in [0.717, 1.165) is 0 Å². The van der Waals surface area contributed by atoms with Crippen LogP contribution in [0.2, 0.25) is 0 Å². The molecule has 0 heterocycles. The molecule has 0 saturated heterocycles. The zero-order valence-corrected chi connectivity index (χ0v) is 6.78. The molecule has 0 aliphatic carbocycles. The van der Waals surface area contributed by atoms with Gasteiger partial charge in [0.15, 0.2) is 0 Å². The fraction of sp³-hybridized carbons (Fsp3) is 1.00. The van der Waals surface area contributed by atoms with E-state index in [1.807, 2.05) is 0 Å². The summed E-state index contributed by atoms with van der Waals surface area (Å²) in [6, 6.07) is 0. The van der Waals surface area contributed by atoms with Gasteiger partial charge in [0.05, 0.1) is 0 Å². The molecular weight excluding hydrogens is 251 g/mol. The molecule has 0 spiro atoms. The predicted octanol–water partition coefficient (Wildman–Crippen LogP) is 2.92. The fourth-order valence-electron chi connectivity index (χ4n) is 0. The monoisotopic (exact) mass is 249 g/mol. The van der Waals surface area contributed by atoms with Crippen molar-refractivity contribution in [2.75, 3.05) is 0 Å². The Balaban J connectivity index is 0. The molecule has 1 radical (unpaired) electrons. The van der Waals surface area contributed by atoms with Gasteiger partial charge in [-0.25, -0.2) is 0 Å². The Morgan fingerprint density at radius 2 is 1.00 bits per heavy atom. The predicted molar refractivity (Wildman–Crippen MR) is 26.3 cm³/mol. The first-order valence-corrected chi connectivity index (χ1v) is 2.52. The second-order valence-corrected chi connectivity index (χ2v) is 2.71. The molecule has 0 aromatic carbocycles. The van der Waals surface area contributed by atoms with Gasteiger partial charge in [0.25, 0.3) is 0 Å². The van der Waals surface area contributed by atoms with Gasteiger partial charge >= 0.3 is 9.97 Å². The maximum atomic E-state index is 11.5. The molecular formula is C2Cl3CuF3. The number of rotatable bonds is 1. The Morgan fingerprint density at radius 1 is 0.889 bits per heavy atom. The summed E-state index contributed by atoms with van der Waals surface area (Å²) in [7, 11) is 0. The van der Waals surface area contributed by atoms with Crippen LogP contribution < -0.4 is 0 Å². The van der Waals surface area contributed by atoms with Crippen LogP contribution in [-0.2, 0) is 17.1 Å². The van der Waals surface area contributed by atoms with Gasteiger partial charge in [-0.1, -0.05) is 23.2 Å². The minimum atomic E-state index is -4.23. The van der Waals surface area contributed by atoms with Crippen LogP contribution >= 0.6 is 34.8 Å². The zero-order chi connectivity index (χ0) is 7.00. The van der Waals surface area contributed by atoms with Crippen molar-refractivity contribution in [2.24, 2.45) is 0 Å². The average molecular weight is 251 g/mol. The van der Waals surface area contributed by atoms with Gasteiger partial charge in [0.1, 0.15) is 0 Å². The molecule has 0 N–H and O–H groups in total. The number of hydrogen-bond donors (Lipinski definition) is 0. The molecule has 0 nitrogen and oxygen atoms in total. The second-order valence-electron chi connectivity index (χ2n) is 0.996. The molecule has 7 heteroatoms. The normalized spacial score (nSPS) is 12.7. The van der Waals surface area contributed by atoms with Crippen LogP contribution in [0.15, 0.2) is 0 Å². The molecule has 0 amide bonds. The number of hydrogen-bond acceptors (Lipinski definition) is 0. The van der Waals surface area contributed by atoms with Crippen molar-refractivity contribution in [1.82, 2.24) is 0 Å². The van der Waals surface area contributed by atoms with Gasteiger partial charge in [-0.3, -0.25) is 0 Å². The Kier molecular flexibility index (Phi) is 5.04. The minimum Gasteiger partial charge on any atom is -0.199 e. The first-order chi connectivity index (χ1) is 3.25. The number of halogens is 6. The Bertz CT molecular complexity index is 72.0. The maximum absolute atomic E-state index is 11.5. The summed E-state index contributed by atoms with van der Waals surface area (Å²) < 4.78 is 30.6. The second kappa shape index (κ2) is 3.54. The molecule has 0 fully saturated rings. The maximum Gasteiger partial charge on any atom is 0.383 e. The van der Waals surface area contributed by atoms with Gasteiger partial charge in [-0.2, -0.15) is 13.2 Å². The number of alkyl halides is 6. The van der Waals surface area contributed by atoms with Crippen molar-refractivity contribution >= 4 is 34.8 Å². The van der Waals surface area contributed by atoms with Gasteiger partial charge in [0, 0.05) is 17.1 Å². The van der Waals surface area contributed by atoms with E-state index in [4.69, 9.17) is 0 Å². The van der Waals surface area contributed by atoms with Crippen LogP contribution in [0.4, 0.5) is 13.2 Å². The van der Waals surface area contributed by atoms with Crippen LogP contribution in [0.1, 0.15) is 0 Å². The molecule has 0 unspecified atom stereocenters. The van der Waals surface area contributed by atoms with Crippen LogP contribution in [0.5, 0.6) is 0 Å². The smallest absolute Gasteiger partial charge is 0.199 e. The summed E-state index contributed by atoms with van der Waals surface area (Å²) in [5.74, 6) is 0. The minimum absolute atomic E-state index is 0. The van der Waals surface area contributed by atoms with Crippen molar-refractivity contribution in [1.29, 1.82) is 0 Å². The summed E-state index contributed by atoms with van der Waals surface area (Å²) in [5, 5.41) is -4.23. The molecule has 0 saturated carbocycles. The van der Waals surface area contributed by atoms with Gasteiger partial charge in [-0.15, -0.1) is 0 Å². The molecule has 0 atom stereocenters. The van der Waals surface area contributed by atoms with Crippen LogP contribution in [-0.4, -0.2) is 9.97 Å². The van der Waals surface area contributed by atoms with Crippen molar-refractivity contribution in [3.8, 4) is 0 Å². The van der Waals surface area contributed by atoms with E-state index < -0.39 is 9.97 Å². The quantitative estimate of drug-likeness (QED) is 0.496. The third-order valence-corrected chi connectivity index (χ3v) is 1.25. The van der Waals surface area contributed by atoms with Crippen molar-refractivity contribution < 1.29 is 30.2 Å². The molecule has 0 aromatic heterocycles. The fourth-order valence-corrected chi connectivity index (χ4v) is 0. The van der Waals surface area contributed by atoms with Crippen LogP contribution in [0, 0.1) is 0 Å². The molecule has 0 aliphatic heterocycles. The first kappa shape index (κ1) is 12.8. The zero-order valence-electron chi connectivity index (χ0n) is 3.57. The van der Waals surface area contributed by atoms with Crippen LogP contribution in [0.3, 0.4) is 0 Å². The molecule has 9 heavy (non-hydrogen) atoms. The van der Waals surface area contributed by atoms with Crippen molar-refractivity contribution in [3.63, 3.8) is 0 Å². The molecule has 0 bridgehead atoms. The Labute approximate surface area is 75.1 Å². The molecule has 61 valence electrons. The largest absolute Gasteiger partial charge is 0.383 e. The third-order valence-electron chi connectivity index (χ3n) is 0.321. The summed E-state index contributed by atoms with van der Waals surface area (Å²) in [5.41, 5.74) is 0. The summed E-state index contributed by atoms with van der Waals surface area (Å²) in [4.78, 5) is 0. The van der Waals surface area contributed by atoms with Crippen molar-refractivity contribution in [2.45, 2.75) is 9.97 Å². The van der Waals surface area contributed by atoms with Gasteiger partial charge in [0.2, 0.25) is 0 Å². The standard InChI is InChI=1S/C2Cl3F3.Cu/c3-1(4,6)2(5,7)8;. The first-order valence-electron chi connectivity index (χ1n) is 1.38. The average Bonchev–Trinajstić information content (AvgIpc) is 1.25.